The molecule has 1 aromatic carbocycles. The monoisotopic (exact) mass is 540 g/mol. The molecule has 30 heavy (non-hydrogen) atoms. The molecule has 0 aliphatic carbocycles. The molecule has 8 nitrogen and oxygen atoms in total. The number of alkyl halides is 3. The van der Waals surface area contributed by atoms with E-state index in [-0.39, 0.29) is 22.8 Å². The number of methoxy groups -OCH3 is 3. The third kappa shape index (κ3) is 10.5. The van der Waals surface area contributed by atoms with Gasteiger partial charge in [0.15, 0.2) is 20.8 Å². The molecule has 0 N–H and O–H groups in total. The number of hydrogen-bond acceptors (Lipinski definition) is 8. The third-order valence-electron chi connectivity index (χ3n) is 3.28. The van der Waals surface area contributed by atoms with Gasteiger partial charge in [-0.15, -0.1) is 0 Å². The minimum Gasteiger partial charge on any atom is -0.741 e. The van der Waals surface area contributed by atoms with Crippen LogP contribution in [-0.2, 0) is 40.1 Å². The number of halogens is 4. The largest absolute Gasteiger partial charge is 0.741 e. The first-order valence-electron chi connectivity index (χ1n) is 7.93. The normalized spacial score (nSPS) is 11.4. The highest BCUT2D eigenvalue weighted by Crippen LogP contribution is 2.30. The molecule has 0 saturated heterocycles. The zero-order valence-electron chi connectivity index (χ0n) is 16.2. The van der Waals surface area contributed by atoms with Crippen molar-refractivity contribution in [3.05, 3.63) is 22.7 Å². The minimum atomic E-state index is -6.09. The molecular weight excluding hydrogens is 521 g/mol. The number of carbonyl (C=O) groups excluding carboxylic acids is 2. The van der Waals surface area contributed by atoms with Crippen molar-refractivity contribution in [1.82, 2.24) is 0 Å². The fraction of sp³-hybridized carbons (Fsp3) is 0.500. The lowest BCUT2D eigenvalue weighted by atomic mass is 10.3. The summed E-state index contributed by atoms with van der Waals surface area (Å²) in [6.07, 6.45) is 0.604. The molecule has 0 amide bonds. The second-order valence-electron chi connectivity index (χ2n) is 5.25. The van der Waals surface area contributed by atoms with Gasteiger partial charge < -0.3 is 18.8 Å². The van der Waals surface area contributed by atoms with Crippen LogP contribution in [0.5, 0.6) is 5.75 Å². The van der Waals surface area contributed by atoms with Gasteiger partial charge in [0.25, 0.3) is 0 Å². The van der Waals surface area contributed by atoms with Gasteiger partial charge in [0, 0.05) is 21.4 Å². The summed E-state index contributed by atoms with van der Waals surface area (Å²) in [6.45, 7) is 0. The average molecular weight is 541 g/mol. The molecule has 0 spiro atoms. The lowest BCUT2D eigenvalue weighted by molar-refractivity contribution is -0.140. The molecule has 0 atom stereocenters. The molecule has 14 heteroatoms. The van der Waals surface area contributed by atoms with Crippen LogP contribution in [0.15, 0.2) is 27.6 Å². The van der Waals surface area contributed by atoms with E-state index in [1.165, 1.54) is 14.2 Å². The predicted octanol–water partition coefficient (Wildman–Crippen LogP) is 2.61. The highest BCUT2D eigenvalue weighted by Gasteiger charge is 2.37. The van der Waals surface area contributed by atoms with E-state index >= 15 is 0 Å². The zero-order valence-corrected chi connectivity index (χ0v) is 19.4. The minimum absolute atomic E-state index is 0.260. The summed E-state index contributed by atoms with van der Waals surface area (Å²) < 4.78 is 74.6. The summed E-state index contributed by atoms with van der Waals surface area (Å²) in [4.78, 5) is 23.8. The molecule has 0 fully saturated rings. The number of ether oxygens (including phenoxy) is 3. The van der Waals surface area contributed by atoms with Crippen LogP contribution in [0.2, 0.25) is 0 Å². The maximum absolute atomic E-state index is 11.4. The molecule has 0 aliphatic heterocycles. The Morgan fingerprint density at radius 2 is 1.50 bits per heavy atom. The first-order chi connectivity index (χ1) is 13.8. The summed E-state index contributed by atoms with van der Waals surface area (Å²) in [5, 5.41) is 0. The van der Waals surface area contributed by atoms with Crippen molar-refractivity contribution in [2.75, 3.05) is 32.8 Å². The molecule has 1 rings (SSSR count). The fourth-order valence-corrected chi connectivity index (χ4v) is 4.53. The highest BCUT2D eigenvalue weighted by molar-refractivity contribution is 9.10. The van der Waals surface area contributed by atoms with Gasteiger partial charge in [0.05, 0.1) is 34.2 Å². The summed E-state index contributed by atoms with van der Waals surface area (Å²) >= 11 is 3.45. The number of rotatable bonds is 8. The lowest BCUT2D eigenvalue weighted by Gasteiger charge is -2.11. The Balaban J connectivity index is 0.000000890. The Morgan fingerprint density at radius 1 is 1.07 bits per heavy atom. The van der Waals surface area contributed by atoms with E-state index in [1.54, 1.807) is 7.11 Å². The molecule has 0 bridgehead atoms. The van der Waals surface area contributed by atoms with Crippen molar-refractivity contribution >= 4 is 48.9 Å². The fourth-order valence-electron chi connectivity index (χ4n) is 1.82. The summed E-state index contributed by atoms with van der Waals surface area (Å²) in [6, 6.07) is 5.73. The third-order valence-corrected chi connectivity index (χ3v) is 6.68. The van der Waals surface area contributed by atoms with Gasteiger partial charge >= 0.3 is 17.4 Å². The van der Waals surface area contributed by atoms with Crippen molar-refractivity contribution in [3.8, 4) is 5.75 Å². The average Bonchev–Trinajstić information content (AvgIpc) is 2.66. The molecule has 1 aromatic rings. The molecule has 0 aliphatic rings. The van der Waals surface area contributed by atoms with E-state index in [0.717, 1.165) is 15.1 Å². The van der Waals surface area contributed by atoms with Gasteiger partial charge in [-0.2, -0.15) is 13.2 Å². The van der Waals surface area contributed by atoms with E-state index in [2.05, 4.69) is 15.9 Å². The maximum Gasteiger partial charge on any atom is 0.485 e. The summed E-state index contributed by atoms with van der Waals surface area (Å²) in [7, 11) is -2.06. The quantitative estimate of drug-likeness (QED) is 0.213. The van der Waals surface area contributed by atoms with Crippen LogP contribution in [-0.4, -0.2) is 63.3 Å². The van der Waals surface area contributed by atoms with Crippen LogP contribution in [0.3, 0.4) is 0 Å². The first-order valence-corrected chi connectivity index (χ1v) is 11.7. The van der Waals surface area contributed by atoms with Gasteiger partial charge in [-0.25, -0.2) is 8.42 Å². The summed E-state index contributed by atoms with van der Waals surface area (Å²) in [5.41, 5.74) is -5.65. The van der Waals surface area contributed by atoms with Gasteiger partial charge in [0.1, 0.15) is 11.5 Å². The van der Waals surface area contributed by atoms with Crippen LogP contribution >= 0.6 is 15.9 Å². The summed E-state index contributed by atoms with van der Waals surface area (Å²) in [5.74, 6) is 1.45. The van der Waals surface area contributed by atoms with Crippen LogP contribution in [0.1, 0.15) is 12.8 Å². The Labute approximate surface area is 183 Å². The Bertz CT molecular complexity index is 795. The van der Waals surface area contributed by atoms with Crippen molar-refractivity contribution in [2.24, 2.45) is 0 Å². The SMILES string of the molecule is COC(=O)CC[S+](CCC(=O)OC)c1cc(Br)ccc1OC.O=S(=O)([O-])C(F)(F)F. The molecule has 0 unspecified atom stereocenters. The lowest BCUT2D eigenvalue weighted by Crippen LogP contribution is -2.21. The molecule has 0 radical (unpaired) electrons. The highest BCUT2D eigenvalue weighted by atomic mass is 79.9. The number of hydrogen-bond donors (Lipinski definition) is 0. The topological polar surface area (TPSA) is 119 Å². The van der Waals surface area contributed by atoms with E-state index in [1.807, 2.05) is 18.2 Å². The maximum atomic E-state index is 11.4. The second-order valence-corrected chi connectivity index (χ2v) is 9.78. The predicted molar refractivity (Wildman–Crippen MR) is 105 cm³/mol. The van der Waals surface area contributed by atoms with E-state index in [0.29, 0.717) is 24.3 Å². The van der Waals surface area contributed by atoms with E-state index in [9.17, 15) is 22.8 Å². The Morgan fingerprint density at radius 3 is 1.83 bits per heavy atom. The van der Waals surface area contributed by atoms with Crippen LogP contribution in [0.4, 0.5) is 13.2 Å². The molecule has 0 heterocycles. The van der Waals surface area contributed by atoms with Gasteiger partial charge in [-0.1, -0.05) is 15.9 Å². The van der Waals surface area contributed by atoms with Crippen LogP contribution in [0.25, 0.3) is 0 Å². The van der Waals surface area contributed by atoms with Crippen molar-refractivity contribution in [2.45, 2.75) is 23.2 Å². The second kappa shape index (κ2) is 13.0. The van der Waals surface area contributed by atoms with Gasteiger partial charge in [0.2, 0.25) is 0 Å². The Hall–Kier alpha value is -1.51. The molecule has 0 aromatic heterocycles. The first kappa shape index (κ1) is 28.5. The number of carbonyl (C=O) groups is 2. The van der Waals surface area contributed by atoms with Gasteiger partial charge in [-0.05, 0) is 12.1 Å². The number of esters is 2. The van der Waals surface area contributed by atoms with Crippen molar-refractivity contribution in [3.63, 3.8) is 0 Å². The van der Waals surface area contributed by atoms with E-state index in [4.69, 9.17) is 27.2 Å². The molecular formula is C16H20BrF3O8S2. The standard InChI is InChI=1S/C15H20BrO5S.CHF3O3S/c1-19-12-5-4-11(16)10-13(12)22(8-6-14(17)20-2)9-7-15(18)21-3;2-1(3,4)8(5,6)7/h4-5,10H,6-9H2,1-3H3;(H,5,6,7)/q+1;/p-1. The van der Waals surface area contributed by atoms with Crippen LogP contribution in [0, 0.1) is 0 Å². The molecule has 0 saturated carbocycles. The van der Waals surface area contributed by atoms with Crippen molar-refractivity contribution in [1.29, 1.82) is 0 Å². The van der Waals surface area contributed by atoms with Crippen molar-refractivity contribution < 1.29 is 49.9 Å². The molecule has 172 valence electrons. The zero-order chi connectivity index (χ0) is 23.5. The van der Waals surface area contributed by atoms with Crippen LogP contribution < -0.4 is 4.74 Å². The smallest absolute Gasteiger partial charge is 0.485 e. The van der Waals surface area contributed by atoms with Gasteiger partial charge in [-0.3, -0.25) is 9.59 Å². The Kier molecular flexibility index (Phi) is 12.4. The van der Waals surface area contributed by atoms with E-state index < -0.39 is 15.6 Å². The number of benzene rings is 1.